The van der Waals surface area contributed by atoms with Crippen LogP contribution in [0.1, 0.15) is 16.7 Å². The van der Waals surface area contributed by atoms with Crippen LogP contribution >= 0.6 is 11.3 Å². The standard InChI is InChI=1S/C21H22N2O2S/c1-15-13-18-19(14-16(15)2)26-21(23(18)11-12-25-3)22-20(24)10-9-17-7-5-4-6-8-17/h4-10,13-14H,11-12H2,1-3H3/b10-9+,22-21?. The number of methoxy groups -OCH3 is 1. The van der Waals surface area contributed by atoms with Gasteiger partial charge in [-0.15, -0.1) is 0 Å². The molecule has 2 aromatic carbocycles. The first-order chi connectivity index (χ1) is 12.6. The van der Waals surface area contributed by atoms with E-state index in [0.29, 0.717) is 18.0 Å². The highest BCUT2D eigenvalue weighted by atomic mass is 32.1. The zero-order chi connectivity index (χ0) is 18.5. The number of carbonyl (C=O) groups excluding carboxylic acids is 1. The van der Waals surface area contributed by atoms with Crippen LogP contribution < -0.4 is 4.80 Å². The maximum Gasteiger partial charge on any atom is 0.272 e. The summed E-state index contributed by atoms with van der Waals surface area (Å²) in [6.07, 6.45) is 3.30. The van der Waals surface area contributed by atoms with E-state index >= 15 is 0 Å². The quantitative estimate of drug-likeness (QED) is 0.638. The first-order valence-corrected chi connectivity index (χ1v) is 9.31. The monoisotopic (exact) mass is 366 g/mol. The summed E-state index contributed by atoms with van der Waals surface area (Å²) in [7, 11) is 1.68. The van der Waals surface area contributed by atoms with Crippen LogP contribution in [0.4, 0.5) is 0 Å². The number of ether oxygens (including phenoxy) is 1. The normalized spacial score (nSPS) is 12.3. The molecule has 0 saturated carbocycles. The number of rotatable bonds is 5. The predicted octanol–water partition coefficient (Wildman–Crippen LogP) is 4.11. The molecule has 26 heavy (non-hydrogen) atoms. The molecule has 0 atom stereocenters. The Balaban J connectivity index is 2.00. The molecule has 1 heterocycles. The molecule has 0 fully saturated rings. The number of benzene rings is 2. The van der Waals surface area contributed by atoms with Gasteiger partial charge in [0.25, 0.3) is 5.91 Å². The number of amides is 1. The minimum Gasteiger partial charge on any atom is -0.383 e. The van der Waals surface area contributed by atoms with Gasteiger partial charge in [0.05, 0.1) is 16.8 Å². The van der Waals surface area contributed by atoms with Crippen molar-refractivity contribution >= 4 is 33.5 Å². The summed E-state index contributed by atoms with van der Waals surface area (Å²) in [6, 6.07) is 14.0. The zero-order valence-corrected chi connectivity index (χ0v) is 16.0. The van der Waals surface area contributed by atoms with Gasteiger partial charge >= 0.3 is 0 Å². The van der Waals surface area contributed by atoms with Gasteiger partial charge in [-0.3, -0.25) is 4.79 Å². The lowest BCUT2D eigenvalue weighted by Crippen LogP contribution is -2.19. The SMILES string of the molecule is COCCn1c(=NC(=O)/C=C/c2ccccc2)sc2cc(C)c(C)cc21. The fraction of sp³-hybridized carbons (Fsp3) is 0.238. The van der Waals surface area contributed by atoms with E-state index in [-0.39, 0.29) is 5.91 Å². The van der Waals surface area contributed by atoms with Crippen LogP contribution in [0.5, 0.6) is 0 Å². The topological polar surface area (TPSA) is 43.6 Å². The van der Waals surface area contributed by atoms with Gasteiger partial charge in [0.15, 0.2) is 4.80 Å². The second-order valence-electron chi connectivity index (χ2n) is 6.13. The van der Waals surface area contributed by atoms with Crippen LogP contribution in [0, 0.1) is 13.8 Å². The molecule has 0 aliphatic heterocycles. The zero-order valence-electron chi connectivity index (χ0n) is 15.2. The number of aryl methyl sites for hydroxylation is 2. The summed E-state index contributed by atoms with van der Waals surface area (Å²) in [6.45, 7) is 5.42. The van der Waals surface area contributed by atoms with Gasteiger partial charge in [0.1, 0.15) is 0 Å². The number of hydrogen-bond acceptors (Lipinski definition) is 3. The fourth-order valence-corrected chi connectivity index (χ4v) is 3.81. The molecule has 4 nitrogen and oxygen atoms in total. The van der Waals surface area contributed by atoms with Gasteiger partial charge < -0.3 is 9.30 Å². The van der Waals surface area contributed by atoms with Crippen LogP contribution in [0.25, 0.3) is 16.3 Å². The molecule has 1 amide bonds. The molecular weight excluding hydrogens is 344 g/mol. The Hall–Kier alpha value is -2.50. The lowest BCUT2D eigenvalue weighted by Gasteiger charge is -2.06. The smallest absolute Gasteiger partial charge is 0.272 e. The van der Waals surface area contributed by atoms with E-state index in [0.717, 1.165) is 15.8 Å². The van der Waals surface area contributed by atoms with Crippen LogP contribution in [0.3, 0.4) is 0 Å². The van der Waals surface area contributed by atoms with E-state index < -0.39 is 0 Å². The summed E-state index contributed by atoms with van der Waals surface area (Å²) in [5.74, 6) is -0.264. The molecule has 0 bridgehead atoms. The number of aromatic nitrogens is 1. The maximum absolute atomic E-state index is 12.3. The fourth-order valence-electron chi connectivity index (χ4n) is 2.67. The minimum absolute atomic E-state index is 0.264. The molecule has 1 aromatic heterocycles. The lowest BCUT2D eigenvalue weighted by molar-refractivity contribution is -0.113. The lowest BCUT2D eigenvalue weighted by atomic mass is 10.1. The Kier molecular flexibility index (Phi) is 5.81. The average molecular weight is 366 g/mol. The van der Waals surface area contributed by atoms with Crippen molar-refractivity contribution in [3.8, 4) is 0 Å². The van der Waals surface area contributed by atoms with Gasteiger partial charge in [-0.2, -0.15) is 4.99 Å². The summed E-state index contributed by atoms with van der Waals surface area (Å²) >= 11 is 1.53. The number of fused-ring (bicyclic) bond motifs is 1. The van der Waals surface area contributed by atoms with Crippen LogP contribution in [-0.4, -0.2) is 24.2 Å². The third-order valence-electron chi connectivity index (χ3n) is 4.24. The number of carbonyl (C=O) groups is 1. The molecule has 5 heteroatoms. The van der Waals surface area contributed by atoms with E-state index in [1.54, 1.807) is 13.2 Å². The van der Waals surface area contributed by atoms with Crippen molar-refractivity contribution in [2.24, 2.45) is 4.99 Å². The highest BCUT2D eigenvalue weighted by molar-refractivity contribution is 7.16. The maximum atomic E-state index is 12.3. The molecule has 0 unspecified atom stereocenters. The van der Waals surface area contributed by atoms with Crippen molar-refractivity contribution in [2.75, 3.05) is 13.7 Å². The molecular formula is C21H22N2O2S. The van der Waals surface area contributed by atoms with Crippen LogP contribution in [-0.2, 0) is 16.1 Å². The predicted molar refractivity (Wildman–Crippen MR) is 107 cm³/mol. The van der Waals surface area contributed by atoms with Crippen molar-refractivity contribution in [1.29, 1.82) is 0 Å². The van der Waals surface area contributed by atoms with E-state index in [9.17, 15) is 4.79 Å². The van der Waals surface area contributed by atoms with E-state index in [1.807, 2.05) is 30.3 Å². The Labute approximate surface area is 157 Å². The molecule has 134 valence electrons. The minimum atomic E-state index is -0.264. The first kappa shape index (κ1) is 18.3. The van der Waals surface area contributed by atoms with Gasteiger partial charge in [0.2, 0.25) is 0 Å². The van der Waals surface area contributed by atoms with Gasteiger partial charge in [-0.25, -0.2) is 0 Å². The number of thiazole rings is 1. The van der Waals surface area contributed by atoms with Crippen molar-refractivity contribution in [3.63, 3.8) is 0 Å². The Morgan fingerprint density at radius 1 is 1.19 bits per heavy atom. The molecule has 3 aromatic rings. The van der Waals surface area contributed by atoms with Crippen LogP contribution in [0.2, 0.25) is 0 Å². The second-order valence-corrected chi connectivity index (χ2v) is 7.14. The molecule has 3 rings (SSSR count). The number of nitrogens with zero attached hydrogens (tertiary/aromatic N) is 2. The largest absolute Gasteiger partial charge is 0.383 e. The summed E-state index contributed by atoms with van der Waals surface area (Å²) in [5, 5.41) is 0. The van der Waals surface area contributed by atoms with Crippen LogP contribution in [0.15, 0.2) is 53.5 Å². The summed E-state index contributed by atoms with van der Waals surface area (Å²) in [4.78, 5) is 17.4. The third-order valence-corrected chi connectivity index (χ3v) is 5.28. The van der Waals surface area contributed by atoms with Gasteiger partial charge in [-0.1, -0.05) is 41.7 Å². The Morgan fingerprint density at radius 3 is 2.65 bits per heavy atom. The first-order valence-electron chi connectivity index (χ1n) is 8.50. The molecule has 0 radical (unpaired) electrons. The highest BCUT2D eigenvalue weighted by Crippen LogP contribution is 2.22. The average Bonchev–Trinajstić information content (AvgIpc) is 2.95. The Morgan fingerprint density at radius 2 is 1.92 bits per heavy atom. The van der Waals surface area contributed by atoms with Crippen molar-refractivity contribution in [2.45, 2.75) is 20.4 Å². The molecule has 0 aliphatic rings. The van der Waals surface area contributed by atoms with E-state index in [4.69, 9.17) is 4.74 Å². The summed E-state index contributed by atoms with van der Waals surface area (Å²) < 4.78 is 8.41. The van der Waals surface area contributed by atoms with Gasteiger partial charge in [0, 0.05) is 19.7 Å². The number of hydrogen-bond donors (Lipinski definition) is 0. The molecule has 0 spiro atoms. The summed E-state index contributed by atoms with van der Waals surface area (Å²) in [5.41, 5.74) is 4.53. The highest BCUT2D eigenvalue weighted by Gasteiger charge is 2.09. The molecule has 0 saturated heterocycles. The van der Waals surface area contributed by atoms with E-state index in [1.165, 1.54) is 28.5 Å². The van der Waals surface area contributed by atoms with Gasteiger partial charge in [-0.05, 0) is 48.7 Å². The Bertz CT molecular complexity index is 1010. The van der Waals surface area contributed by atoms with E-state index in [2.05, 4.69) is 35.5 Å². The van der Waals surface area contributed by atoms with Crippen molar-refractivity contribution in [3.05, 3.63) is 70.0 Å². The molecule has 0 aliphatic carbocycles. The third kappa shape index (κ3) is 4.18. The van der Waals surface area contributed by atoms with Crippen molar-refractivity contribution in [1.82, 2.24) is 4.57 Å². The van der Waals surface area contributed by atoms with Crippen molar-refractivity contribution < 1.29 is 9.53 Å². The second kappa shape index (κ2) is 8.25. The molecule has 0 N–H and O–H groups in total.